The van der Waals surface area contributed by atoms with E-state index in [1.807, 2.05) is 24.3 Å². The Bertz CT molecular complexity index is 789. The highest BCUT2D eigenvalue weighted by Crippen LogP contribution is 2.38. The van der Waals surface area contributed by atoms with Crippen LogP contribution in [0.25, 0.3) is 0 Å². The van der Waals surface area contributed by atoms with E-state index < -0.39 is 5.41 Å². The molecule has 0 unspecified atom stereocenters. The summed E-state index contributed by atoms with van der Waals surface area (Å²) >= 11 is 0. The van der Waals surface area contributed by atoms with Gasteiger partial charge in [0.25, 0.3) is 0 Å². The molecule has 2 heterocycles. The number of ether oxygens (including phenoxy) is 2. The van der Waals surface area contributed by atoms with Crippen molar-refractivity contribution in [2.45, 2.75) is 38.2 Å². The fraction of sp³-hybridized carbons (Fsp3) is 0.550. The first kappa shape index (κ1) is 18.9. The molecule has 1 aliphatic heterocycles. The highest BCUT2D eigenvalue weighted by atomic mass is 16.5. The number of benzene rings is 1. The van der Waals surface area contributed by atoms with Crippen LogP contribution < -0.4 is 15.4 Å². The number of hydrogen-bond donors (Lipinski definition) is 2. The number of carbonyl (C=O) groups is 1. The molecule has 2 fully saturated rings. The van der Waals surface area contributed by atoms with E-state index in [9.17, 15) is 4.79 Å². The maximum atomic E-state index is 12.9. The van der Waals surface area contributed by atoms with Gasteiger partial charge in [0.05, 0.1) is 12.0 Å². The van der Waals surface area contributed by atoms with E-state index in [1.54, 1.807) is 7.11 Å². The minimum Gasteiger partial charge on any atom is -0.485 e. The monoisotopic (exact) mass is 386 g/mol. The molecule has 0 atom stereocenters. The molecule has 1 saturated carbocycles. The minimum atomic E-state index is -0.479. The Morgan fingerprint density at radius 1 is 1.29 bits per heavy atom. The van der Waals surface area contributed by atoms with Crippen molar-refractivity contribution in [1.29, 1.82) is 0 Å². The molecule has 4 rings (SSSR count). The Balaban J connectivity index is 1.32. The number of aromatic nitrogens is 2. The zero-order valence-corrected chi connectivity index (χ0v) is 16.1. The van der Waals surface area contributed by atoms with Crippen LogP contribution >= 0.6 is 0 Å². The molecular formula is C20H26N4O4. The predicted octanol–water partition coefficient (Wildman–Crippen LogP) is 2.48. The average Bonchev–Trinajstić information content (AvgIpc) is 3.46. The van der Waals surface area contributed by atoms with E-state index in [1.165, 1.54) is 0 Å². The van der Waals surface area contributed by atoms with Gasteiger partial charge in [-0.25, -0.2) is 0 Å². The van der Waals surface area contributed by atoms with Crippen molar-refractivity contribution < 1.29 is 18.8 Å². The number of rotatable bonds is 8. The van der Waals surface area contributed by atoms with Crippen molar-refractivity contribution in [3.8, 4) is 5.75 Å². The van der Waals surface area contributed by atoms with Crippen LogP contribution in [0, 0.1) is 5.41 Å². The summed E-state index contributed by atoms with van der Waals surface area (Å²) in [5.74, 6) is 2.38. The lowest BCUT2D eigenvalue weighted by atomic mass is 9.78. The summed E-state index contributed by atoms with van der Waals surface area (Å²) < 4.78 is 16.3. The third kappa shape index (κ3) is 4.34. The lowest BCUT2D eigenvalue weighted by Gasteiger charge is -2.35. The normalized spacial score (nSPS) is 18.6. The number of nitrogens with one attached hydrogen (secondary N) is 2. The number of carbonyl (C=O) groups excluding carboxylic acids is 1. The molecule has 28 heavy (non-hydrogen) atoms. The Morgan fingerprint density at radius 3 is 2.71 bits per heavy atom. The van der Waals surface area contributed by atoms with E-state index in [-0.39, 0.29) is 12.5 Å². The molecule has 2 N–H and O–H groups in total. The van der Waals surface area contributed by atoms with E-state index in [0.29, 0.717) is 30.0 Å². The fourth-order valence-electron chi connectivity index (χ4n) is 3.49. The van der Waals surface area contributed by atoms with Crippen LogP contribution in [-0.4, -0.2) is 42.9 Å². The van der Waals surface area contributed by atoms with E-state index in [4.69, 9.17) is 14.0 Å². The number of nitrogens with zero attached hydrogens (tertiary/aromatic N) is 2. The molecule has 150 valence electrons. The van der Waals surface area contributed by atoms with Gasteiger partial charge in [0.2, 0.25) is 17.6 Å². The van der Waals surface area contributed by atoms with Gasteiger partial charge in [0, 0.05) is 18.7 Å². The number of amides is 1. The van der Waals surface area contributed by atoms with Crippen molar-refractivity contribution in [2.75, 3.05) is 32.1 Å². The van der Waals surface area contributed by atoms with Gasteiger partial charge in [-0.15, -0.1) is 0 Å². The van der Waals surface area contributed by atoms with Gasteiger partial charge in [-0.2, -0.15) is 4.98 Å². The Hall–Kier alpha value is -2.45. The largest absolute Gasteiger partial charge is 0.485 e. The van der Waals surface area contributed by atoms with Crippen LogP contribution in [-0.2, 0) is 16.1 Å². The van der Waals surface area contributed by atoms with Gasteiger partial charge in [0.1, 0.15) is 5.75 Å². The summed E-state index contributed by atoms with van der Waals surface area (Å²) in [5.41, 5.74) is 0.259. The number of hydrogen-bond acceptors (Lipinski definition) is 7. The molecule has 1 saturated heterocycles. The fourth-order valence-corrected chi connectivity index (χ4v) is 3.49. The van der Waals surface area contributed by atoms with E-state index in [0.717, 1.165) is 44.5 Å². The molecule has 0 spiro atoms. The number of piperidine rings is 1. The zero-order chi connectivity index (χ0) is 19.4. The smallest absolute Gasteiger partial charge is 0.233 e. The maximum Gasteiger partial charge on any atom is 0.233 e. The first-order valence-corrected chi connectivity index (χ1v) is 9.75. The summed E-state index contributed by atoms with van der Waals surface area (Å²) in [6.07, 6.45) is 3.78. The number of methoxy groups -OCH3 is 1. The van der Waals surface area contributed by atoms with Crippen LogP contribution in [0.15, 0.2) is 28.8 Å². The second kappa shape index (κ2) is 8.28. The second-order valence-corrected chi connectivity index (χ2v) is 7.55. The molecule has 1 amide bonds. The van der Waals surface area contributed by atoms with E-state index >= 15 is 0 Å². The van der Waals surface area contributed by atoms with Gasteiger partial charge < -0.3 is 24.6 Å². The number of anilines is 1. The first-order valence-electron chi connectivity index (χ1n) is 9.75. The summed E-state index contributed by atoms with van der Waals surface area (Å²) in [7, 11) is 1.64. The van der Waals surface area contributed by atoms with Crippen molar-refractivity contribution in [3.63, 3.8) is 0 Å². The van der Waals surface area contributed by atoms with Gasteiger partial charge in [-0.3, -0.25) is 4.79 Å². The van der Waals surface area contributed by atoms with E-state index in [2.05, 4.69) is 20.8 Å². The molecular weight excluding hydrogens is 360 g/mol. The Morgan fingerprint density at radius 2 is 2.04 bits per heavy atom. The van der Waals surface area contributed by atoms with Crippen molar-refractivity contribution in [1.82, 2.24) is 15.5 Å². The first-order chi connectivity index (χ1) is 13.7. The highest BCUT2D eigenvalue weighted by molar-refractivity contribution is 5.95. The predicted molar refractivity (Wildman–Crippen MR) is 102 cm³/mol. The zero-order valence-electron chi connectivity index (χ0n) is 16.1. The Kier molecular flexibility index (Phi) is 5.59. The summed E-state index contributed by atoms with van der Waals surface area (Å²) in [6, 6.07) is 7.31. The van der Waals surface area contributed by atoms with Crippen molar-refractivity contribution in [2.24, 2.45) is 5.41 Å². The van der Waals surface area contributed by atoms with Crippen molar-refractivity contribution in [3.05, 3.63) is 36.0 Å². The molecule has 1 aromatic carbocycles. The average molecular weight is 386 g/mol. The highest BCUT2D eigenvalue weighted by Gasteiger charge is 2.39. The van der Waals surface area contributed by atoms with Crippen LogP contribution in [0.3, 0.4) is 0 Å². The van der Waals surface area contributed by atoms with Crippen LogP contribution in [0.5, 0.6) is 5.75 Å². The molecule has 1 aliphatic carbocycles. The van der Waals surface area contributed by atoms with Crippen molar-refractivity contribution >= 4 is 11.6 Å². The molecule has 2 aliphatic rings. The minimum absolute atomic E-state index is 0.00363. The lowest BCUT2D eigenvalue weighted by Crippen LogP contribution is -2.47. The topological polar surface area (TPSA) is 98.5 Å². The van der Waals surface area contributed by atoms with Gasteiger partial charge in [0.15, 0.2) is 6.61 Å². The molecule has 2 aromatic rings. The SMILES string of the molecule is COCC1(C(=O)Nc2ccc(OCc3noc(C4CC4)n3)cc2)CCNCC1. The molecule has 1 aromatic heterocycles. The summed E-state index contributed by atoms with van der Waals surface area (Å²) in [5, 5.41) is 10.3. The second-order valence-electron chi connectivity index (χ2n) is 7.55. The van der Waals surface area contributed by atoms with Gasteiger partial charge in [-0.05, 0) is 63.0 Å². The lowest BCUT2D eigenvalue weighted by molar-refractivity contribution is -0.130. The standard InChI is InChI=1S/C20H26N4O4/c1-26-13-20(8-10-21-11-9-20)19(25)22-15-4-6-16(7-5-15)27-12-17-23-18(28-24-17)14-2-3-14/h4-7,14,21H,2-3,8-13H2,1H3,(H,22,25). The molecule has 0 bridgehead atoms. The van der Waals surface area contributed by atoms with Gasteiger partial charge >= 0.3 is 0 Å². The van der Waals surface area contributed by atoms with Crippen LogP contribution in [0.4, 0.5) is 5.69 Å². The summed E-state index contributed by atoms with van der Waals surface area (Å²) in [4.78, 5) is 17.2. The van der Waals surface area contributed by atoms with Gasteiger partial charge in [-0.1, -0.05) is 5.16 Å². The Labute approximate surface area is 164 Å². The maximum absolute atomic E-state index is 12.9. The third-order valence-electron chi connectivity index (χ3n) is 5.35. The van der Waals surface area contributed by atoms with Crippen LogP contribution in [0.2, 0.25) is 0 Å². The molecule has 0 radical (unpaired) electrons. The molecule has 8 nitrogen and oxygen atoms in total. The quantitative estimate of drug-likeness (QED) is 0.719. The molecule has 8 heteroatoms. The third-order valence-corrected chi connectivity index (χ3v) is 5.35. The summed E-state index contributed by atoms with van der Waals surface area (Å²) in [6.45, 7) is 2.32. The van der Waals surface area contributed by atoms with Crippen LogP contribution in [0.1, 0.15) is 43.3 Å².